The summed E-state index contributed by atoms with van der Waals surface area (Å²) in [5.74, 6) is -1.05. The van der Waals surface area contributed by atoms with Crippen LogP contribution in [-0.4, -0.2) is 34.9 Å². The first kappa shape index (κ1) is 12.4. The molecular formula is C10H19NO4. The number of hydroxylamine groups is 1. The second kappa shape index (κ2) is 5.44. The van der Waals surface area contributed by atoms with Crippen molar-refractivity contribution in [2.45, 2.75) is 38.2 Å². The zero-order chi connectivity index (χ0) is 11.3. The molecule has 0 aromatic carbocycles. The Labute approximate surface area is 89.4 Å². The highest BCUT2D eigenvalue weighted by atomic mass is 16.6. The van der Waals surface area contributed by atoms with Crippen molar-refractivity contribution >= 4 is 5.97 Å². The molecule has 0 amide bonds. The van der Waals surface area contributed by atoms with Crippen molar-refractivity contribution in [3.8, 4) is 0 Å². The molecule has 15 heavy (non-hydrogen) atoms. The van der Waals surface area contributed by atoms with E-state index in [0.29, 0.717) is 38.8 Å². The zero-order valence-corrected chi connectivity index (χ0v) is 9.03. The molecule has 1 aliphatic rings. The molecule has 1 rings (SSSR count). The van der Waals surface area contributed by atoms with Gasteiger partial charge in [0.1, 0.15) is 0 Å². The molecule has 5 heteroatoms. The topological polar surface area (TPSA) is 78.8 Å². The first-order chi connectivity index (χ1) is 7.07. The number of carboxylic acids is 1. The minimum absolute atomic E-state index is 0.294. The van der Waals surface area contributed by atoms with Crippen molar-refractivity contribution in [3.05, 3.63) is 0 Å². The van der Waals surface area contributed by atoms with Gasteiger partial charge >= 0.3 is 5.97 Å². The average Bonchev–Trinajstić information content (AvgIpc) is 2.18. The van der Waals surface area contributed by atoms with Crippen molar-refractivity contribution in [3.63, 3.8) is 0 Å². The molecule has 1 aliphatic carbocycles. The molecule has 0 bridgehead atoms. The first-order valence-electron chi connectivity index (χ1n) is 5.37. The van der Waals surface area contributed by atoms with Gasteiger partial charge in [0.2, 0.25) is 0 Å². The molecule has 1 fully saturated rings. The molecular weight excluding hydrogens is 198 g/mol. The third-order valence-corrected chi connectivity index (χ3v) is 2.91. The number of carbonyl (C=O) groups is 1. The molecule has 0 heterocycles. The summed E-state index contributed by atoms with van der Waals surface area (Å²) in [6.45, 7) is 2.78. The molecule has 0 spiro atoms. The Morgan fingerprint density at radius 3 is 2.60 bits per heavy atom. The largest absolute Gasteiger partial charge is 0.481 e. The molecule has 88 valence electrons. The summed E-state index contributed by atoms with van der Waals surface area (Å²) in [7, 11) is 0. The second-order valence-electron chi connectivity index (χ2n) is 4.09. The fourth-order valence-corrected chi connectivity index (χ4v) is 1.87. The van der Waals surface area contributed by atoms with Gasteiger partial charge in [-0.25, -0.2) is 0 Å². The maximum Gasteiger partial charge on any atom is 0.306 e. The van der Waals surface area contributed by atoms with Gasteiger partial charge in [-0.05, 0) is 32.6 Å². The van der Waals surface area contributed by atoms with Crippen LogP contribution in [0.5, 0.6) is 0 Å². The summed E-state index contributed by atoms with van der Waals surface area (Å²) >= 11 is 0. The van der Waals surface area contributed by atoms with Crippen LogP contribution < -0.4 is 5.48 Å². The lowest BCUT2D eigenvalue weighted by Gasteiger charge is -2.34. The average molecular weight is 217 g/mol. The number of hydrogen-bond donors (Lipinski definition) is 3. The summed E-state index contributed by atoms with van der Waals surface area (Å²) < 4.78 is 0. The third kappa shape index (κ3) is 3.77. The molecule has 0 saturated heterocycles. The standard InChI is InChI=1S/C10H19NO4/c1-2-15-11-7-10(14)5-3-8(4-6-10)9(12)13/h8,11,14H,2-7H2,1H3,(H,12,13). The van der Waals surface area contributed by atoms with E-state index >= 15 is 0 Å². The fraction of sp³-hybridized carbons (Fsp3) is 0.900. The Kier molecular flexibility index (Phi) is 4.50. The van der Waals surface area contributed by atoms with E-state index < -0.39 is 11.6 Å². The van der Waals surface area contributed by atoms with E-state index in [0.717, 1.165) is 0 Å². The fourth-order valence-electron chi connectivity index (χ4n) is 1.87. The second-order valence-corrected chi connectivity index (χ2v) is 4.09. The quantitative estimate of drug-likeness (QED) is 0.462. The summed E-state index contributed by atoms with van der Waals surface area (Å²) in [6.07, 6.45) is 2.12. The van der Waals surface area contributed by atoms with Crippen LogP contribution >= 0.6 is 0 Å². The monoisotopic (exact) mass is 217 g/mol. The minimum Gasteiger partial charge on any atom is -0.481 e. The number of nitrogens with one attached hydrogen (secondary N) is 1. The van der Waals surface area contributed by atoms with E-state index in [4.69, 9.17) is 9.94 Å². The number of hydrogen-bond acceptors (Lipinski definition) is 4. The SMILES string of the molecule is CCONCC1(O)CCC(C(=O)O)CC1. The molecule has 3 N–H and O–H groups in total. The van der Waals surface area contributed by atoms with Gasteiger partial charge in [0.05, 0.1) is 18.1 Å². The van der Waals surface area contributed by atoms with E-state index in [9.17, 15) is 9.90 Å². The Morgan fingerprint density at radius 1 is 1.53 bits per heavy atom. The predicted octanol–water partition coefficient (Wildman–Crippen LogP) is 0.533. The number of rotatable bonds is 5. The number of aliphatic carboxylic acids is 1. The van der Waals surface area contributed by atoms with Gasteiger partial charge in [0.15, 0.2) is 0 Å². The molecule has 0 aromatic heterocycles. The molecule has 0 aromatic rings. The maximum absolute atomic E-state index is 10.7. The van der Waals surface area contributed by atoms with E-state index in [1.807, 2.05) is 6.92 Å². The van der Waals surface area contributed by atoms with Gasteiger partial charge in [0.25, 0.3) is 0 Å². The van der Waals surface area contributed by atoms with E-state index in [1.165, 1.54) is 0 Å². The number of aliphatic hydroxyl groups is 1. The van der Waals surface area contributed by atoms with Gasteiger partial charge in [-0.2, -0.15) is 5.48 Å². The highest BCUT2D eigenvalue weighted by molar-refractivity contribution is 5.70. The van der Waals surface area contributed by atoms with Crippen molar-refractivity contribution in [2.75, 3.05) is 13.2 Å². The van der Waals surface area contributed by atoms with Crippen molar-refractivity contribution in [2.24, 2.45) is 5.92 Å². The summed E-state index contributed by atoms with van der Waals surface area (Å²) in [6, 6.07) is 0. The van der Waals surface area contributed by atoms with E-state index in [-0.39, 0.29) is 5.92 Å². The predicted molar refractivity (Wildman–Crippen MR) is 54.2 cm³/mol. The highest BCUT2D eigenvalue weighted by Crippen LogP contribution is 2.31. The smallest absolute Gasteiger partial charge is 0.306 e. The van der Waals surface area contributed by atoms with Gasteiger partial charge in [-0.1, -0.05) is 0 Å². The van der Waals surface area contributed by atoms with E-state index in [2.05, 4.69) is 5.48 Å². The van der Waals surface area contributed by atoms with Crippen molar-refractivity contribution in [1.29, 1.82) is 0 Å². The number of carboxylic acid groups (broad SMARTS) is 1. The highest BCUT2D eigenvalue weighted by Gasteiger charge is 2.35. The van der Waals surface area contributed by atoms with Crippen LogP contribution in [0.3, 0.4) is 0 Å². The van der Waals surface area contributed by atoms with Crippen molar-refractivity contribution in [1.82, 2.24) is 5.48 Å². The summed E-state index contributed by atoms with van der Waals surface area (Å²) in [4.78, 5) is 15.7. The normalized spacial score (nSPS) is 31.5. The van der Waals surface area contributed by atoms with Crippen LogP contribution in [-0.2, 0) is 9.63 Å². The lowest BCUT2D eigenvalue weighted by molar-refractivity contribution is -0.145. The lowest BCUT2D eigenvalue weighted by Crippen LogP contribution is -2.44. The van der Waals surface area contributed by atoms with Gasteiger partial charge < -0.3 is 15.1 Å². The Morgan fingerprint density at radius 2 is 2.13 bits per heavy atom. The summed E-state index contributed by atoms with van der Waals surface area (Å²) in [5, 5.41) is 18.9. The zero-order valence-electron chi connectivity index (χ0n) is 9.03. The Balaban J connectivity index is 2.30. The van der Waals surface area contributed by atoms with Crippen molar-refractivity contribution < 1.29 is 19.8 Å². The van der Waals surface area contributed by atoms with Crippen LogP contribution in [0.25, 0.3) is 0 Å². The van der Waals surface area contributed by atoms with Gasteiger partial charge in [0, 0.05) is 6.54 Å². The molecule has 0 atom stereocenters. The molecule has 5 nitrogen and oxygen atoms in total. The minimum atomic E-state index is -0.804. The summed E-state index contributed by atoms with van der Waals surface area (Å²) in [5.41, 5.74) is 1.89. The Bertz CT molecular complexity index is 211. The molecule has 1 saturated carbocycles. The Hall–Kier alpha value is -0.650. The molecule has 0 aliphatic heterocycles. The van der Waals surface area contributed by atoms with Crippen LogP contribution in [0.15, 0.2) is 0 Å². The third-order valence-electron chi connectivity index (χ3n) is 2.91. The lowest BCUT2D eigenvalue weighted by atomic mass is 9.79. The molecule has 0 radical (unpaired) electrons. The van der Waals surface area contributed by atoms with Gasteiger partial charge in [-0.3, -0.25) is 4.79 Å². The maximum atomic E-state index is 10.7. The van der Waals surface area contributed by atoms with Crippen LogP contribution in [0.2, 0.25) is 0 Å². The molecule has 0 unspecified atom stereocenters. The van der Waals surface area contributed by atoms with Crippen LogP contribution in [0, 0.1) is 5.92 Å². The van der Waals surface area contributed by atoms with E-state index in [1.54, 1.807) is 0 Å². The van der Waals surface area contributed by atoms with Crippen LogP contribution in [0.1, 0.15) is 32.6 Å². The first-order valence-corrected chi connectivity index (χ1v) is 5.37. The van der Waals surface area contributed by atoms with Gasteiger partial charge in [-0.15, -0.1) is 0 Å². The van der Waals surface area contributed by atoms with Crippen LogP contribution in [0.4, 0.5) is 0 Å².